The first kappa shape index (κ1) is 11.3. The second-order valence-electron chi connectivity index (χ2n) is 3.42. The van der Waals surface area contributed by atoms with Gasteiger partial charge in [-0.25, -0.2) is 0 Å². The molecule has 0 aliphatic rings. The Kier molecular flexibility index (Phi) is 4.77. The van der Waals surface area contributed by atoms with Gasteiger partial charge in [-0.1, -0.05) is 18.2 Å². The first-order valence-corrected chi connectivity index (χ1v) is 5.15. The number of hydrogen-bond acceptors (Lipinski definition) is 2. The zero-order valence-electron chi connectivity index (χ0n) is 8.42. The molecule has 0 radical (unpaired) electrons. The molecule has 0 bridgehead atoms. The van der Waals surface area contributed by atoms with E-state index in [0.717, 1.165) is 18.6 Å². The number of rotatable bonds is 6. The fourth-order valence-electron chi connectivity index (χ4n) is 1.20. The van der Waals surface area contributed by atoms with E-state index in [2.05, 4.69) is 18.8 Å². The highest BCUT2D eigenvalue weighted by atomic mass is 35.5. The summed E-state index contributed by atoms with van der Waals surface area (Å²) in [5.74, 6) is 1.03. The van der Waals surface area contributed by atoms with Crippen molar-refractivity contribution in [2.75, 3.05) is 6.54 Å². The molecule has 1 aromatic rings. The molecule has 0 saturated carbocycles. The average Bonchev–Trinajstić information content (AvgIpc) is 2.63. The monoisotopic (exact) mass is 213 g/mol. The molecule has 1 rings (SSSR count). The van der Waals surface area contributed by atoms with Crippen LogP contribution in [0.3, 0.4) is 0 Å². The van der Waals surface area contributed by atoms with Crippen LogP contribution in [0.5, 0.6) is 0 Å². The Morgan fingerprint density at radius 3 is 3.07 bits per heavy atom. The Labute approximate surface area is 89.9 Å². The van der Waals surface area contributed by atoms with Crippen LogP contribution in [0.25, 0.3) is 0 Å². The quantitative estimate of drug-likeness (QED) is 0.786. The molecule has 0 fully saturated rings. The first-order chi connectivity index (χ1) is 6.68. The first-order valence-electron chi connectivity index (χ1n) is 4.77. The van der Waals surface area contributed by atoms with Crippen molar-refractivity contribution in [1.82, 2.24) is 5.32 Å². The summed E-state index contributed by atoms with van der Waals surface area (Å²) in [7, 11) is 0. The third-order valence-electron chi connectivity index (χ3n) is 2.05. The van der Waals surface area contributed by atoms with Crippen LogP contribution in [0.15, 0.2) is 34.4 Å². The molecule has 0 amide bonds. The van der Waals surface area contributed by atoms with Crippen molar-refractivity contribution in [2.45, 2.75) is 25.8 Å². The Morgan fingerprint density at radius 1 is 1.71 bits per heavy atom. The molecular formula is C11H16ClNO. The number of furan rings is 1. The summed E-state index contributed by atoms with van der Waals surface area (Å²) in [6.45, 7) is 6.42. The molecular weight excluding hydrogens is 198 g/mol. The van der Waals surface area contributed by atoms with Gasteiger partial charge >= 0.3 is 0 Å². The predicted octanol–water partition coefficient (Wildman–Crippen LogP) is 2.94. The van der Waals surface area contributed by atoms with Crippen LogP contribution >= 0.6 is 11.6 Å². The van der Waals surface area contributed by atoms with Gasteiger partial charge in [0.25, 0.3) is 0 Å². The van der Waals surface area contributed by atoms with Crippen molar-refractivity contribution in [3.63, 3.8) is 0 Å². The van der Waals surface area contributed by atoms with Gasteiger partial charge in [-0.2, -0.15) is 0 Å². The van der Waals surface area contributed by atoms with E-state index < -0.39 is 0 Å². The van der Waals surface area contributed by atoms with Crippen LogP contribution < -0.4 is 5.32 Å². The lowest BCUT2D eigenvalue weighted by Gasteiger charge is -2.11. The molecule has 0 aliphatic heterocycles. The van der Waals surface area contributed by atoms with Crippen molar-refractivity contribution in [3.05, 3.63) is 35.8 Å². The number of nitrogens with one attached hydrogen (secondary N) is 1. The molecule has 0 saturated heterocycles. The van der Waals surface area contributed by atoms with Crippen LogP contribution in [0.4, 0.5) is 0 Å². The van der Waals surface area contributed by atoms with Gasteiger partial charge in [0.15, 0.2) is 0 Å². The van der Waals surface area contributed by atoms with E-state index >= 15 is 0 Å². The molecule has 1 atom stereocenters. The van der Waals surface area contributed by atoms with Gasteiger partial charge in [0.1, 0.15) is 5.76 Å². The van der Waals surface area contributed by atoms with Crippen LogP contribution in [0.1, 0.15) is 19.1 Å². The highest BCUT2D eigenvalue weighted by Gasteiger charge is 2.03. The van der Waals surface area contributed by atoms with Gasteiger partial charge in [-0.15, -0.1) is 0 Å². The summed E-state index contributed by atoms with van der Waals surface area (Å²) in [4.78, 5) is 0. The highest BCUT2D eigenvalue weighted by molar-refractivity contribution is 6.29. The number of aryl methyl sites for hydroxylation is 1. The van der Waals surface area contributed by atoms with Crippen molar-refractivity contribution in [3.8, 4) is 0 Å². The van der Waals surface area contributed by atoms with Gasteiger partial charge < -0.3 is 9.73 Å². The lowest BCUT2D eigenvalue weighted by atomic mass is 10.1. The number of hydrogen-bond donors (Lipinski definition) is 1. The topological polar surface area (TPSA) is 25.2 Å². The molecule has 14 heavy (non-hydrogen) atoms. The summed E-state index contributed by atoms with van der Waals surface area (Å²) in [6.07, 6.45) is 3.70. The summed E-state index contributed by atoms with van der Waals surface area (Å²) < 4.78 is 5.24. The Morgan fingerprint density at radius 2 is 2.50 bits per heavy atom. The molecule has 1 aromatic heterocycles. The van der Waals surface area contributed by atoms with Gasteiger partial charge in [0.2, 0.25) is 0 Å². The zero-order chi connectivity index (χ0) is 10.4. The summed E-state index contributed by atoms with van der Waals surface area (Å²) in [5, 5.41) is 3.92. The van der Waals surface area contributed by atoms with E-state index in [9.17, 15) is 0 Å². The molecule has 1 heterocycles. The van der Waals surface area contributed by atoms with Crippen molar-refractivity contribution in [2.24, 2.45) is 0 Å². The Balaban J connectivity index is 2.15. The Bertz CT molecular complexity index is 269. The molecule has 0 aliphatic carbocycles. The minimum atomic E-state index is 0.426. The van der Waals surface area contributed by atoms with Crippen LogP contribution in [0.2, 0.25) is 0 Å². The van der Waals surface area contributed by atoms with Gasteiger partial charge in [0.05, 0.1) is 6.26 Å². The van der Waals surface area contributed by atoms with Crippen molar-refractivity contribution >= 4 is 11.6 Å². The van der Waals surface area contributed by atoms with Crippen LogP contribution in [-0.4, -0.2) is 12.6 Å². The van der Waals surface area contributed by atoms with E-state index in [4.69, 9.17) is 16.0 Å². The van der Waals surface area contributed by atoms with Crippen LogP contribution in [0, 0.1) is 0 Å². The van der Waals surface area contributed by atoms with Crippen LogP contribution in [-0.2, 0) is 6.42 Å². The minimum absolute atomic E-state index is 0.426. The molecule has 1 N–H and O–H groups in total. The third kappa shape index (κ3) is 4.49. The van der Waals surface area contributed by atoms with Gasteiger partial charge in [-0.05, 0) is 25.5 Å². The molecule has 1 unspecified atom stereocenters. The maximum Gasteiger partial charge on any atom is 0.103 e. The normalized spacial score (nSPS) is 12.7. The fraction of sp³-hybridized carbons (Fsp3) is 0.455. The lowest BCUT2D eigenvalue weighted by molar-refractivity contribution is 0.469. The molecule has 3 heteroatoms. The maximum absolute atomic E-state index is 5.65. The molecule has 0 spiro atoms. The van der Waals surface area contributed by atoms with E-state index in [0.29, 0.717) is 17.6 Å². The molecule has 0 aromatic carbocycles. The van der Waals surface area contributed by atoms with E-state index in [1.54, 1.807) is 6.26 Å². The van der Waals surface area contributed by atoms with Crippen molar-refractivity contribution < 1.29 is 4.42 Å². The third-order valence-corrected chi connectivity index (χ3v) is 2.18. The standard InChI is InChI=1S/C11H16ClNO/c1-9(12)8-13-10(2)5-6-11-4-3-7-14-11/h3-4,7,10,13H,1,5-6,8H2,2H3. The molecule has 78 valence electrons. The second-order valence-corrected chi connectivity index (χ2v) is 3.95. The van der Waals surface area contributed by atoms with Gasteiger partial charge in [-0.3, -0.25) is 0 Å². The SMILES string of the molecule is C=C(Cl)CNC(C)CCc1ccco1. The largest absolute Gasteiger partial charge is 0.469 e. The average molecular weight is 214 g/mol. The summed E-state index contributed by atoms with van der Waals surface area (Å²) >= 11 is 5.65. The predicted molar refractivity (Wildman–Crippen MR) is 59.5 cm³/mol. The van der Waals surface area contributed by atoms with E-state index in [-0.39, 0.29) is 0 Å². The highest BCUT2D eigenvalue weighted by Crippen LogP contribution is 2.06. The number of halogens is 1. The van der Waals surface area contributed by atoms with E-state index in [1.807, 2.05) is 12.1 Å². The second kappa shape index (κ2) is 5.89. The summed E-state index contributed by atoms with van der Waals surface area (Å²) in [5.41, 5.74) is 0. The Hall–Kier alpha value is -0.730. The lowest BCUT2D eigenvalue weighted by Crippen LogP contribution is -2.27. The van der Waals surface area contributed by atoms with Gasteiger partial charge in [0, 0.05) is 24.0 Å². The fourth-order valence-corrected chi connectivity index (χ4v) is 1.28. The maximum atomic E-state index is 5.65. The molecule has 2 nitrogen and oxygen atoms in total. The smallest absolute Gasteiger partial charge is 0.103 e. The van der Waals surface area contributed by atoms with Crippen molar-refractivity contribution in [1.29, 1.82) is 0 Å². The minimum Gasteiger partial charge on any atom is -0.469 e. The summed E-state index contributed by atoms with van der Waals surface area (Å²) in [6, 6.07) is 4.33. The van der Waals surface area contributed by atoms with E-state index in [1.165, 1.54) is 0 Å². The zero-order valence-corrected chi connectivity index (χ0v) is 9.18.